The molecular formula is C26H30FN3O4. The third kappa shape index (κ3) is 4.48. The van der Waals surface area contributed by atoms with Crippen molar-refractivity contribution in [3.8, 4) is 0 Å². The smallest absolute Gasteiger partial charge is 0.241 e. The Morgan fingerprint density at radius 2 is 1.79 bits per heavy atom. The lowest BCUT2D eigenvalue weighted by molar-refractivity contribution is -0.144. The second-order valence-electron chi connectivity index (χ2n) is 9.01. The number of benzene rings is 2. The van der Waals surface area contributed by atoms with Crippen LogP contribution in [-0.4, -0.2) is 79.4 Å². The lowest BCUT2D eigenvalue weighted by Crippen LogP contribution is -2.51. The van der Waals surface area contributed by atoms with Gasteiger partial charge in [0.05, 0.1) is 24.6 Å². The number of imide groups is 1. The van der Waals surface area contributed by atoms with Crippen LogP contribution in [0.15, 0.2) is 54.6 Å². The molecule has 0 saturated carbocycles. The maximum Gasteiger partial charge on any atom is 0.241 e. The zero-order valence-electron chi connectivity index (χ0n) is 19.6. The van der Waals surface area contributed by atoms with Gasteiger partial charge in [-0.25, -0.2) is 4.39 Å². The van der Waals surface area contributed by atoms with Gasteiger partial charge in [0.2, 0.25) is 17.7 Å². The van der Waals surface area contributed by atoms with E-state index in [0.29, 0.717) is 19.6 Å². The monoisotopic (exact) mass is 467 g/mol. The van der Waals surface area contributed by atoms with Gasteiger partial charge in [0.25, 0.3) is 0 Å². The summed E-state index contributed by atoms with van der Waals surface area (Å²) in [5.41, 5.74) is -0.363. The van der Waals surface area contributed by atoms with Crippen LogP contribution in [-0.2, 0) is 24.5 Å². The third-order valence-electron chi connectivity index (χ3n) is 6.96. The fourth-order valence-electron chi connectivity index (χ4n) is 5.01. The molecule has 2 aliphatic rings. The molecule has 2 fully saturated rings. The number of ether oxygens (including phenoxy) is 1. The molecule has 0 spiro atoms. The van der Waals surface area contributed by atoms with Gasteiger partial charge in [0, 0.05) is 45.1 Å². The molecule has 0 aliphatic carbocycles. The SMILES string of the molecule is COCCN1C(=O)C[C@@](CC(=O)N2CCN(C)[C@@H](c3ccccc3)C2)(c2ccccc2F)C1=O. The van der Waals surface area contributed by atoms with Crippen molar-refractivity contribution in [2.45, 2.75) is 24.3 Å². The van der Waals surface area contributed by atoms with Crippen LogP contribution < -0.4 is 0 Å². The van der Waals surface area contributed by atoms with Gasteiger partial charge in [-0.05, 0) is 18.7 Å². The second-order valence-corrected chi connectivity index (χ2v) is 9.01. The highest BCUT2D eigenvalue weighted by molar-refractivity contribution is 6.10. The Morgan fingerprint density at radius 3 is 2.50 bits per heavy atom. The van der Waals surface area contributed by atoms with E-state index in [1.807, 2.05) is 37.4 Å². The maximum atomic E-state index is 15.0. The molecule has 2 aromatic carbocycles. The number of rotatable bonds is 7. The summed E-state index contributed by atoms with van der Waals surface area (Å²) in [6.07, 6.45) is -0.495. The first kappa shape index (κ1) is 24.0. The fourth-order valence-corrected chi connectivity index (χ4v) is 5.01. The number of likely N-dealkylation sites (N-methyl/N-ethyl adjacent to an activating group) is 1. The number of hydrogen-bond acceptors (Lipinski definition) is 5. The number of nitrogens with zero attached hydrogens (tertiary/aromatic N) is 3. The Hall–Kier alpha value is -3.10. The van der Waals surface area contributed by atoms with E-state index in [2.05, 4.69) is 4.90 Å². The highest BCUT2D eigenvalue weighted by Crippen LogP contribution is 2.41. The standard InChI is InChI=1S/C26H30FN3O4/c1-28-12-13-29(18-22(28)19-8-4-3-5-9-19)23(31)16-26(20-10-6-7-11-21(20)27)17-24(32)30(25(26)33)14-15-34-2/h3-11,22H,12-18H2,1-2H3/t22-,26+/m1/s1. The summed E-state index contributed by atoms with van der Waals surface area (Å²) < 4.78 is 20.0. The molecule has 2 saturated heterocycles. The minimum absolute atomic E-state index is 0.0161. The number of halogens is 1. The summed E-state index contributed by atoms with van der Waals surface area (Å²) >= 11 is 0. The molecule has 2 heterocycles. The summed E-state index contributed by atoms with van der Waals surface area (Å²) in [4.78, 5) is 45.0. The lowest BCUT2D eigenvalue weighted by Gasteiger charge is -2.41. The van der Waals surface area contributed by atoms with Crippen molar-refractivity contribution in [3.05, 3.63) is 71.5 Å². The lowest BCUT2D eigenvalue weighted by atomic mass is 9.75. The molecule has 180 valence electrons. The fraction of sp³-hybridized carbons (Fsp3) is 0.423. The molecular weight excluding hydrogens is 437 g/mol. The summed E-state index contributed by atoms with van der Waals surface area (Å²) in [6, 6.07) is 15.9. The van der Waals surface area contributed by atoms with Crippen molar-refractivity contribution in [1.29, 1.82) is 0 Å². The zero-order chi connectivity index (χ0) is 24.3. The summed E-state index contributed by atoms with van der Waals surface area (Å²) in [7, 11) is 3.50. The molecule has 2 aromatic rings. The van der Waals surface area contributed by atoms with Gasteiger partial charge in [0.15, 0.2) is 0 Å². The molecule has 34 heavy (non-hydrogen) atoms. The van der Waals surface area contributed by atoms with Crippen LogP contribution >= 0.6 is 0 Å². The normalized spacial score (nSPS) is 23.6. The molecule has 2 aliphatic heterocycles. The predicted molar refractivity (Wildman–Crippen MR) is 124 cm³/mol. The number of methoxy groups -OCH3 is 1. The van der Waals surface area contributed by atoms with Gasteiger partial charge in [-0.1, -0.05) is 48.5 Å². The van der Waals surface area contributed by atoms with Gasteiger partial charge in [-0.2, -0.15) is 0 Å². The molecule has 0 N–H and O–H groups in total. The van der Waals surface area contributed by atoms with Crippen LogP contribution in [0.1, 0.15) is 30.0 Å². The van der Waals surface area contributed by atoms with E-state index >= 15 is 0 Å². The van der Waals surface area contributed by atoms with E-state index in [0.717, 1.165) is 10.5 Å². The number of hydrogen-bond donors (Lipinski definition) is 0. The van der Waals surface area contributed by atoms with Gasteiger partial charge in [-0.15, -0.1) is 0 Å². The number of carbonyl (C=O) groups is 3. The largest absolute Gasteiger partial charge is 0.383 e. The van der Waals surface area contributed by atoms with E-state index in [4.69, 9.17) is 4.74 Å². The first-order chi connectivity index (χ1) is 16.4. The van der Waals surface area contributed by atoms with Crippen molar-refractivity contribution in [2.75, 3.05) is 46.9 Å². The van der Waals surface area contributed by atoms with Crippen molar-refractivity contribution in [2.24, 2.45) is 0 Å². The number of amides is 3. The van der Waals surface area contributed by atoms with Gasteiger partial charge < -0.3 is 9.64 Å². The van der Waals surface area contributed by atoms with Crippen LogP contribution in [0.2, 0.25) is 0 Å². The zero-order valence-corrected chi connectivity index (χ0v) is 19.6. The average Bonchev–Trinajstić information content (AvgIpc) is 3.08. The summed E-state index contributed by atoms with van der Waals surface area (Å²) in [6.45, 7) is 1.88. The molecule has 0 aromatic heterocycles. The molecule has 0 unspecified atom stereocenters. The average molecular weight is 468 g/mol. The van der Waals surface area contributed by atoms with E-state index in [9.17, 15) is 18.8 Å². The van der Waals surface area contributed by atoms with Crippen LogP contribution in [0, 0.1) is 5.82 Å². The van der Waals surface area contributed by atoms with E-state index < -0.39 is 23.0 Å². The number of likely N-dealkylation sites (tertiary alicyclic amines) is 1. The van der Waals surface area contributed by atoms with Gasteiger partial charge in [0.1, 0.15) is 5.82 Å². The Bertz CT molecular complexity index is 1060. The van der Waals surface area contributed by atoms with Crippen LogP contribution in [0.25, 0.3) is 0 Å². The molecule has 7 nitrogen and oxygen atoms in total. The van der Waals surface area contributed by atoms with Crippen molar-refractivity contribution >= 4 is 17.7 Å². The Kier molecular flexibility index (Phi) is 7.09. The first-order valence-electron chi connectivity index (χ1n) is 11.5. The summed E-state index contributed by atoms with van der Waals surface area (Å²) in [5, 5.41) is 0. The minimum atomic E-state index is -1.56. The van der Waals surface area contributed by atoms with Crippen molar-refractivity contribution in [3.63, 3.8) is 0 Å². The first-order valence-corrected chi connectivity index (χ1v) is 11.5. The van der Waals surface area contributed by atoms with Gasteiger partial charge in [-0.3, -0.25) is 24.2 Å². The molecule has 0 radical (unpaired) electrons. The number of carbonyl (C=O) groups excluding carboxylic acids is 3. The number of piperazine rings is 1. The quantitative estimate of drug-likeness (QED) is 0.585. The third-order valence-corrected chi connectivity index (χ3v) is 6.96. The van der Waals surface area contributed by atoms with E-state index in [-0.39, 0.29) is 43.5 Å². The highest BCUT2D eigenvalue weighted by atomic mass is 19.1. The molecule has 8 heteroatoms. The molecule has 2 atom stereocenters. The molecule has 0 bridgehead atoms. The van der Waals surface area contributed by atoms with Crippen LogP contribution in [0.3, 0.4) is 0 Å². The Labute approximate surface area is 199 Å². The Balaban J connectivity index is 1.62. The maximum absolute atomic E-state index is 15.0. The van der Waals surface area contributed by atoms with E-state index in [1.54, 1.807) is 11.0 Å². The minimum Gasteiger partial charge on any atom is -0.383 e. The molecule has 3 amide bonds. The predicted octanol–water partition coefficient (Wildman–Crippen LogP) is 2.37. The molecule has 4 rings (SSSR count). The van der Waals surface area contributed by atoms with Crippen molar-refractivity contribution < 1.29 is 23.5 Å². The van der Waals surface area contributed by atoms with Crippen LogP contribution in [0.4, 0.5) is 4.39 Å². The van der Waals surface area contributed by atoms with Crippen molar-refractivity contribution in [1.82, 2.24) is 14.7 Å². The van der Waals surface area contributed by atoms with Crippen LogP contribution in [0.5, 0.6) is 0 Å². The summed E-state index contributed by atoms with van der Waals surface area (Å²) in [5.74, 6) is -1.81. The highest BCUT2D eigenvalue weighted by Gasteiger charge is 2.55. The second kappa shape index (κ2) is 10.0. The Morgan fingerprint density at radius 1 is 1.09 bits per heavy atom. The van der Waals surface area contributed by atoms with E-state index in [1.165, 1.54) is 25.3 Å². The van der Waals surface area contributed by atoms with Gasteiger partial charge >= 0.3 is 0 Å². The topological polar surface area (TPSA) is 70.2 Å².